The number of carboxylic acids is 1. The summed E-state index contributed by atoms with van der Waals surface area (Å²) in [6.07, 6.45) is 0.571. The van der Waals surface area contributed by atoms with Crippen LogP contribution in [0.4, 0.5) is 0 Å². The zero-order valence-electron chi connectivity index (χ0n) is 10.9. The van der Waals surface area contributed by atoms with E-state index in [-0.39, 0.29) is 0 Å². The van der Waals surface area contributed by atoms with Crippen LogP contribution in [0.25, 0.3) is 0 Å². The molecule has 17 heavy (non-hydrogen) atoms. The Morgan fingerprint density at radius 2 is 1.94 bits per heavy atom. The molecule has 0 spiro atoms. The lowest BCUT2D eigenvalue weighted by Gasteiger charge is -2.23. The number of hydrogen-bond acceptors (Lipinski definition) is 2. The molecule has 0 heterocycles. The van der Waals surface area contributed by atoms with E-state index in [0.29, 0.717) is 6.42 Å². The van der Waals surface area contributed by atoms with Gasteiger partial charge in [0.1, 0.15) is 5.75 Å². The van der Waals surface area contributed by atoms with Crippen LogP contribution in [0.2, 0.25) is 19.6 Å². The Kier molecular flexibility index (Phi) is 4.34. The van der Waals surface area contributed by atoms with Gasteiger partial charge in [0.25, 0.3) is 0 Å². The first kappa shape index (κ1) is 13.8. The monoisotopic (exact) mass is 252 g/mol. The molecule has 0 fully saturated rings. The molecule has 0 aliphatic carbocycles. The fourth-order valence-electron chi connectivity index (χ4n) is 1.72. The average Bonchev–Trinajstić information content (AvgIpc) is 2.18. The van der Waals surface area contributed by atoms with Crippen molar-refractivity contribution in [1.82, 2.24) is 0 Å². The average molecular weight is 252 g/mol. The molecule has 3 nitrogen and oxygen atoms in total. The second kappa shape index (κ2) is 5.36. The van der Waals surface area contributed by atoms with E-state index in [2.05, 4.69) is 19.6 Å². The lowest BCUT2D eigenvalue weighted by atomic mass is 9.96. The van der Waals surface area contributed by atoms with Crippen molar-refractivity contribution in [2.45, 2.75) is 38.9 Å². The minimum absolute atomic E-state index is 0.484. The van der Waals surface area contributed by atoms with Crippen LogP contribution in [0.1, 0.15) is 24.8 Å². The normalized spacial score (nSPS) is 13.2. The molecule has 0 amide bonds. The summed E-state index contributed by atoms with van der Waals surface area (Å²) < 4.78 is 5.94. The van der Waals surface area contributed by atoms with Gasteiger partial charge in [-0.25, -0.2) is 0 Å². The van der Waals surface area contributed by atoms with E-state index in [1.807, 2.05) is 31.2 Å². The zero-order chi connectivity index (χ0) is 13.1. The molecule has 1 N–H and O–H groups in total. The highest BCUT2D eigenvalue weighted by atomic mass is 28.4. The van der Waals surface area contributed by atoms with Crippen LogP contribution in [0, 0.1) is 0 Å². The largest absolute Gasteiger partial charge is 0.544 e. The summed E-state index contributed by atoms with van der Waals surface area (Å²) in [6.45, 7) is 8.15. The molecule has 4 heteroatoms. The number of benzene rings is 1. The summed E-state index contributed by atoms with van der Waals surface area (Å²) in [5.74, 6) is -0.553. The van der Waals surface area contributed by atoms with Gasteiger partial charge in [0.2, 0.25) is 8.32 Å². The molecule has 1 aromatic rings. The van der Waals surface area contributed by atoms with Crippen LogP contribution >= 0.6 is 0 Å². The fourth-order valence-corrected chi connectivity index (χ4v) is 2.56. The SMILES string of the molecule is CCC(C(=O)O)c1ccccc1O[Si](C)(C)C. The molecular weight excluding hydrogens is 232 g/mol. The highest BCUT2D eigenvalue weighted by Gasteiger charge is 2.24. The Morgan fingerprint density at radius 3 is 2.41 bits per heavy atom. The van der Waals surface area contributed by atoms with Crippen LogP contribution in [-0.4, -0.2) is 19.4 Å². The zero-order valence-corrected chi connectivity index (χ0v) is 11.9. The van der Waals surface area contributed by atoms with Crippen LogP contribution in [-0.2, 0) is 4.79 Å². The molecule has 0 bridgehead atoms. The predicted octanol–water partition coefficient (Wildman–Crippen LogP) is 3.48. The van der Waals surface area contributed by atoms with Crippen molar-refractivity contribution < 1.29 is 14.3 Å². The van der Waals surface area contributed by atoms with Gasteiger partial charge in [0, 0.05) is 5.56 Å². The van der Waals surface area contributed by atoms with Gasteiger partial charge >= 0.3 is 5.97 Å². The van der Waals surface area contributed by atoms with Crippen molar-refractivity contribution >= 4 is 14.3 Å². The molecule has 0 aliphatic heterocycles. The molecule has 0 aromatic heterocycles. The number of aliphatic carboxylic acids is 1. The first-order valence-electron chi connectivity index (χ1n) is 5.86. The standard InChI is InChI=1S/C13H20O3Si/c1-5-10(13(14)15)11-8-6-7-9-12(11)16-17(2,3)4/h6-10H,5H2,1-4H3,(H,14,15). The van der Waals surface area contributed by atoms with E-state index in [0.717, 1.165) is 11.3 Å². The maximum atomic E-state index is 11.2. The van der Waals surface area contributed by atoms with Crippen molar-refractivity contribution in [2.24, 2.45) is 0 Å². The van der Waals surface area contributed by atoms with Crippen molar-refractivity contribution in [3.8, 4) is 5.75 Å². The predicted molar refractivity (Wildman–Crippen MR) is 71.1 cm³/mol. The van der Waals surface area contributed by atoms with E-state index >= 15 is 0 Å². The minimum atomic E-state index is -1.72. The third-order valence-corrected chi connectivity index (χ3v) is 3.25. The van der Waals surface area contributed by atoms with Crippen LogP contribution in [0.5, 0.6) is 5.75 Å². The number of carboxylic acid groups (broad SMARTS) is 1. The lowest BCUT2D eigenvalue weighted by molar-refractivity contribution is -0.138. The lowest BCUT2D eigenvalue weighted by Crippen LogP contribution is -2.30. The summed E-state index contributed by atoms with van der Waals surface area (Å²) in [4.78, 5) is 11.2. The fraction of sp³-hybridized carbons (Fsp3) is 0.462. The summed E-state index contributed by atoms with van der Waals surface area (Å²) in [5, 5.41) is 9.21. The van der Waals surface area contributed by atoms with Gasteiger partial charge in [-0.05, 0) is 32.1 Å². The van der Waals surface area contributed by atoms with Crippen molar-refractivity contribution in [3.05, 3.63) is 29.8 Å². The first-order chi connectivity index (χ1) is 7.85. The number of rotatable bonds is 5. The summed E-state index contributed by atoms with van der Waals surface area (Å²) in [5.41, 5.74) is 0.782. The topological polar surface area (TPSA) is 46.5 Å². The van der Waals surface area contributed by atoms with Gasteiger partial charge in [-0.2, -0.15) is 0 Å². The molecule has 1 unspecified atom stereocenters. The molecule has 1 rings (SSSR count). The van der Waals surface area contributed by atoms with Crippen LogP contribution < -0.4 is 4.43 Å². The third-order valence-electron chi connectivity index (χ3n) is 2.42. The molecule has 1 atom stereocenters. The van der Waals surface area contributed by atoms with Crippen LogP contribution in [0.15, 0.2) is 24.3 Å². The highest BCUT2D eigenvalue weighted by Crippen LogP contribution is 2.30. The van der Waals surface area contributed by atoms with E-state index in [1.165, 1.54) is 0 Å². The molecule has 0 saturated carbocycles. The summed E-state index contributed by atoms with van der Waals surface area (Å²) in [7, 11) is -1.72. The third kappa shape index (κ3) is 3.89. The molecule has 0 saturated heterocycles. The Bertz CT molecular complexity index is 396. The second-order valence-electron chi connectivity index (χ2n) is 5.05. The highest BCUT2D eigenvalue weighted by molar-refractivity contribution is 6.70. The van der Waals surface area contributed by atoms with Crippen molar-refractivity contribution in [3.63, 3.8) is 0 Å². The number of hydrogen-bond donors (Lipinski definition) is 1. The summed E-state index contributed by atoms with van der Waals surface area (Å²) in [6, 6.07) is 7.45. The van der Waals surface area contributed by atoms with E-state index in [9.17, 15) is 9.90 Å². The van der Waals surface area contributed by atoms with Gasteiger partial charge in [-0.1, -0.05) is 25.1 Å². The smallest absolute Gasteiger partial charge is 0.311 e. The van der Waals surface area contributed by atoms with E-state index < -0.39 is 20.2 Å². The Morgan fingerprint density at radius 1 is 1.35 bits per heavy atom. The Hall–Kier alpha value is -1.29. The molecular formula is C13H20O3Si. The summed E-state index contributed by atoms with van der Waals surface area (Å²) >= 11 is 0. The number of carbonyl (C=O) groups is 1. The Labute approximate surface area is 104 Å². The number of para-hydroxylation sites is 1. The van der Waals surface area contributed by atoms with Gasteiger partial charge < -0.3 is 9.53 Å². The second-order valence-corrected chi connectivity index (χ2v) is 9.48. The quantitative estimate of drug-likeness (QED) is 0.816. The Balaban J connectivity index is 3.11. The molecule has 1 aromatic carbocycles. The van der Waals surface area contributed by atoms with Gasteiger partial charge in [0.15, 0.2) is 0 Å². The first-order valence-corrected chi connectivity index (χ1v) is 9.26. The van der Waals surface area contributed by atoms with Crippen LogP contribution in [0.3, 0.4) is 0 Å². The van der Waals surface area contributed by atoms with E-state index in [1.54, 1.807) is 0 Å². The van der Waals surface area contributed by atoms with Crippen molar-refractivity contribution in [2.75, 3.05) is 0 Å². The molecule has 0 radical (unpaired) electrons. The minimum Gasteiger partial charge on any atom is -0.544 e. The molecule has 0 aliphatic rings. The van der Waals surface area contributed by atoms with Gasteiger partial charge in [-0.3, -0.25) is 4.79 Å². The van der Waals surface area contributed by atoms with Crippen molar-refractivity contribution in [1.29, 1.82) is 0 Å². The van der Waals surface area contributed by atoms with Gasteiger partial charge in [0.05, 0.1) is 5.92 Å². The molecule has 94 valence electrons. The maximum absolute atomic E-state index is 11.2. The maximum Gasteiger partial charge on any atom is 0.311 e. The van der Waals surface area contributed by atoms with Gasteiger partial charge in [-0.15, -0.1) is 0 Å². The van der Waals surface area contributed by atoms with E-state index in [4.69, 9.17) is 4.43 Å².